The Balaban J connectivity index is 1.35. The zero-order valence-corrected chi connectivity index (χ0v) is 26.4. The number of hydrogen-bond acceptors (Lipinski definition) is 7. The number of pyridine rings is 1. The molecule has 1 aromatic heterocycles. The Morgan fingerprint density at radius 2 is 1.86 bits per heavy atom. The first-order valence-corrected chi connectivity index (χ1v) is 15.4. The smallest absolute Gasteiger partial charge is 0.410 e. The molecule has 3 aliphatic rings. The van der Waals surface area contributed by atoms with E-state index in [-0.39, 0.29) is 41.9 Å². The van der Waals surface area contributed by atoms with E-state index in [4.69, 9.17) is 14.5 Å². The molecule has 0 spiro atoms. The molecule has 234 valence electrons. The molecule has 2 atom stereocenters. The van der Waals surface area contributed by atoms with Crippen LogP contribution in [0.5, 0.6) is 0 Å². The molecule has 9 nitrogen and oxygen atoms in total. The summed E-state index contributed by atoms with van der Waals surface area (Å²) in [6, 6.07) is 8.61. The standard InChI is InChI=1S/C33H46FN5O4/c1-23-18-37(26(19-36-11-13-42-14-12-36)20-38(23)31(41)43-32(2,3)4)21-29(40)39-22-33(5,6)30-28(39)16-24(17-35-30)15-25-9-7-8-10-27(25)34/h7-10,16-17,23,26H,11-15,18-22H2,1-6H3/t23-,26+/m1/s1. The summed E-state index contributed by atoms with van der Waals surface area (Å²) in [5, 5.41) is 0. The van der Waals surface area contributed by atoms with Crippen LogP contribution in [0.15, 0.2) is 36.5 Å². The molecule has 0 radical (unpaired) electrons. The lowest BCUT2D eigenvalue weighted by Gasteiger charge is -2.47. The van der Waals surface area contributed by atoms with Crippen LogP contribution in [0.1, 0.15) is 58.4 Å². The third kappa shape index (κ3) is 7.36. The molecule has 2 saturated heterocycles. The largest absolute Gasteiger partial charge is 0.444 e. The Bertz CT molecular complexity index is 1320. The molecule has 0 unspecified atom stereocenters. The number of ether oxygens (including phenoxy) is 2. The number of aromatic nitrogens is 1. The number of hydrogen-bond donors (Lipinski definition) is 0. The van der Waals surface area contributed by atoms with Gasteiger partial charge in [-0.15, -0.1) is 0 Å². The van der Waals surface area contributed by atoms with Crippen LogP contribution < -0.4 is 4.90 Å². The number of anilines is 1. The van der Waals surface area contributed by atoms with Crippen LogP contribution in [0.2, 0.25) is 0 Å². The lowest BCUT2D eigenvalue weighted by atomic mass is 9.91. The monoisotopic (exact) mass is 595 g/mol. The lowest BCUT2D eigenvalue weighted by Crippen LogP contribution is -2.63. The first kappa shape index (κ1) is 31.3. The zero-order valence-electron chi connectivity index (χ0n) is 26.4. The molecule has 43 heavy (non-hydrogen) atoms. The molecular formula is C33H46FN5O4. The minimum atomic E-state index is -0.585. The van der Waals surface area contributed by atoms with Crippen LogP contribution in [-0.2, 0) is 26.1 Å². The molecule has 5 rings (SSSR count). The fourth-order valence-corrected chi connectivity index (χ4v) is 6.35. The van der Waals surface area contributed by atoms with Crippen molar-refractivity contribution >= 4 is 17.7 Å². The summed E-state index contributed by atoms with van der Waals surface area (Å²) < 4.78 is 25.7. The maximum absolute atomic E-state index is 14.4. The van der Waals surface area contributed by atoms with Crippen LogP contribution >= 0.6 is 0 Å². The van der Waals surface area contributed by atoms with Crippen molar-refractivity contribution in [2.75, 3.05) is 63.9 Å². The van der Waals surface area contributed by atoms with Gasteiger partial charge in [0.05, 0.1) is 31.1 Å². The fraction of sp³-hybridized carbons (Fsp3) is 0.606. The third-order valence-electron chi connectivity index (χ3n) is 8.56. The summed E-state index contributed by atoms with van der Waals surface area (Å²) in [7, 11) is 0. The normalized spacial score (nSPS) is 22.9. The summed E-state index contributed by atoms with van der Waals surface area (Å²) in [5.41, 5.74) is 2.25. The predicted octanol–water partition coefficient (Wildman–Crippen LogP) is 4.08. The first-order valence-electron chi connectivity index (χ1n) is 15.4. The van der Waals surface area contributed by atoms with E-state index in [0.29, 0.717) is 44.8 Å². The van der Waals surface area contributed by atoms with Gasteiger partial charge in [-0.1, -0.05) is 32.0 Å². The maximum Gasteiger partial charge on any atom is 0.410 e. The van der Waals surface area contributed by atoms with Gasteiger partial charge in [0, 0.05) is 69.4 Å². The van der Waals surface area contributed by atoms with Crippen LogP contribution in [0, 0.1) is 5.82 Å². The van der Waals surface area contributed by atoms with Gasteiger partial charge in [0.15, 0.2) is 0 Å². The second kappa shape index (κ2) is 12.5. The average molecular weight is 596 g/mol. The van der Waals surface area contributed by atoms with E-state index < -0.39 is 5.60 Å². The van der Waals surface area contributed by atoms with Gasteiger partial charge >= 0.3 is 6.09 Å². The van der Waals surface area contributed by atoms with Crippen molar-refractivity contribution in [1.82, 2.24) is 19.7 Å². The van der Waals surface area contributed by atoms with Crippen LogP contribution in [-0.4, -0.2) is 108 Å². The highest BCUT2D eigenvalue weighted by atomic mass is 19.1. The van der Waals surface area contributed by atoms with Gasteiger partial charge in [-0.2, -0.15) is 0 Å². The number of carbonyl (C=O) groups excluding carboxylic acids is 2. The van der Waals surface area contributed by atoms with Gasteiger partial charge in [-0.25, -0.2) is 9.18 Å². The second-order valence-corrected chi connectivity index (χ2v) is 13.8. The number of halogens is 1. The highest BCUT2D eigenvalue weighted by molar-refractivity contribution is 5.97. The van der Waals surface area contributed by atoms with Gasteiger partial charge in [0.1, 0.15) is 11.4 Å². The van der Waals surface area contributed by atoms with Crippen molar-refractivity contribution in [3.05, 3.63) is 59.2 Å². The molecule has 4 heterocycles. The van der Waals surface area contributed by atoms with E-state index in [1.807, 2.05) is 49.6 Å². The summed E-state index contributed by atoms with van der Waals surface area (Å²) in [5.74, 6) is -0.247. The molecular weight excluding hydrogens is 549 g/mol. The summed E-state index contributed by atoms with van der Waals surface area (Å²) in [6.45, 7) is 17.4. The number of carbonyl (C=O) groups is 2. The number of piperazine rings is 1. The molecule has 0 N–H and O–H groups in total. The van der Waals surface area contributed by atoms with E-state index >= 15 is 0 Å². The topological polar surface area (TPSA) is 78.5 Å². The van der Waals surface area contributed by atoms with Crippen molar-refractivity contribution in [2.24, 2.45) is 0 Å². The summed E-state index contributed by atoms with van der Waals surface area (Å²) in [4.78, 5) is 40.2. The van der Waals surface area contributed by atoms with Crippen molar-refractivity contribution in [2.45, 2.75) is 71.1 Å². The van der Waals surface area contributed by atoms with Gasteiger partial charge < -0.3 is 19.3 Å². The molecule has 1 aromatic carbocycles. The minimum absolute atomic E-state index is 0.00145. The highest BCUT2D eigenvalue weighted by Crippen LogP contribution is 2.40. The van der Waals surface area contributed by atoms with Crippen LogP contribution in [0.4, 0.5) is 14.9 Å². The van der Waals surface area contributed by atoms with E-state index in [2.05, 4.69) is 23.6 Å². The number of rotatable bonds is 6. The Kier molecular flexibility index (Phi) is 9.11. The van der Waals surface area contributed by atoms with Crippen LogP contribution in [0.3, 0.4) is 0 Å². The Hall–Kier alpha value is -3.08. The molecule has 2 aromatic rings. The van der Waals surface area contributed by atoms with Crippen molar-refractivity contribution in [3.8, 4) is 0 Å². The summed E-state index contributed by atoms with van der Waals surface area (Å²) >= 11 is 0. The number of morpholine rings is 1. The zero-order chi connectivity index (χ0) is 30.9. The fourth-order valence-electron chi connectivity index (χ4n) is 6.35. The van der Waals surface area contributed by atoms with Gasteiger partial charge in [-0.3, -0.25) is 19.6 Å². The summed E-state index contributed by atoms with van der Waals surface area (Å²) in [6.07, 6.45) is 1.89. The number of benzene rings is 1. The number of fused-ring (bicyclic) bond motifs is 1. The molecule has 0 aliphatic carbocycles. The predicted molar refractivity (Wildman–Crippen MR) is 164 cm³/mol. The number of nitrogens with zero attached hydrogens (tertiary/aromatic N) is 5. The third-order valence-corrected chi connectivity index (χ3v) is 8.56. The number of amides is 2. The molecule has 2 fully saturated rings. The van der Waals surface area contributed by atoms with E-state index in [1.54, 1.807) is 18.3 Å². The minimum Gasteiger partial charge on any atom is -0.444 e. The highest BCUT2D eigenvalue weighted by Gasteiger charge is 2.42. The molecule has 0 saturated carbocycles. The molecule has 10 heteroatoms. The van der Waals surface area contributed by atoms with E-state index in [0.717, 1.165) is 36.6 Å². The lowest BCUT2D eigenvalue weighted by molar-refractivity contribution is -0.121. The first-order chi connectivity index (χ1) is 20.3. The Morgan fingerprint density at radius 3 is 2.56 bits per heavy atom. The van der Waals surface area contributed by atoms with E-state index in [9.17, 15) is 14.0 Å². The quantitative estimate of drug-likeness (QED) is 0.498. The Labute approximate surface area is 254 Å². The van der Waals surface area contributed by atoms with Gasteiger partial charge in [0.25, 0.3) is 0 Å². The molecule has 3 aliphatic heterocycles. The van der Waals surface area contributed by atoms with Crippen molar-refractivity contribution < 1.29 is 23.5 Å². The van der Waals surface area contributed by atoms with E-state index in [1.165, 1.54) is 6.07 Å². The SMILES string of the molecule is C[C@@H]1CN(CC(=O)N2CC(C)(C)c3ncc(Cc4ccccc4F)cc32)[C@@H](CN2CCOCC2)CN1C(=O)OC(C)(C)C. The molecule has 2 amide bonds. The molecule has 0 bridgehead atoms. The maximum atomic E-state index is 14.4. The average Bonchev–Trinajstić information content (AvgIpc) is 3.21. The second-order valence-electron chi connectivity index (χ2n) is 13.8. The van der Waals surface area contributed by atoms with Crippen molar-refractivity contribution in [1.29, 1.82) is 0 Å². The van der Waals surface area contributed by atoms with Gasteiger partial charge in [0.2, 0.25) is 5.91 Å². The van der Waals surface area contributed by atoms with Gasteiger partial charge in [-0.05, 0) is 51.0 Å². The van der Waals surface area contributed by atoms with Crippen LogP contribution in [0.25, 0.3) is 0 Å². The Morgan fingerprint density at radius 1 is 1.14 bits per heavy atom. The van der Waals surface area contributed by atoms with Crippen molar-refractivity contribution in [3.63, 3.8) is 0 Å².